The van der Waals surface area contributed by atoms with Gasteiger partial charge >= 0.3 is 0 Å². The topological polar surface area (TPSA) is 38.9 Å². The fourth-order valence-electron chi connectivity index (χ4n) is 2.35. The third-order valence-electron chi connectivity index (χ3n) is 3.36. The van der Waals surface area contributed by atoms with Crippen molar-refractivity contribution in [2.45, 2.75) is 6.92 Å². The second-order valence-corrected chi connectivity index (χ2v) is 4.88. The van der Waals surface area contributed by atoms with Gasteiger partial charge in [-0.1, -0.05) is 54.6 Å². The summed E-state index contributed by atoms with van der Waals surface area (Å²) in [5.41, 5.74) is 12.1. The molecule has 0 bridgehead atoms. The van der Waals surface area contributed by atoms with Crippen LogP contribution in [0.1, 0.15) is 5.56 Å². The molecule has 0 unspecified atom stereocenters. The van der Waals surface area contributed by atoms with Crippen molar-refractivity contribution >= 4 is 5.69 Å². The van der Waals surface area contributed by atoms with Gasteiger partial charge in [0, 0.05) is 5.56 Å². The first-order chi connectivity index (χ1) is 9.74. The molecule has 0 fully saturated rings. The van der Waals surface area contributed by atoms with E-state index in [0.29, 0.717) is 5.69 Å². The average Bonchev–Trinajstić information content (AvgIpc) is 2.48. The second kappa shape index (κ2) is 5.17. The van der Waals surface area contributed by atoms with Crippen molar-refractivity contribution in [2.24, 2.45) is 0 Å². The van der Waals surface area contributed by atoms with Crippen LogP contribution in [0.25, 0.3) is 22.4 Å². The van der Waals surface area contributed by atoms with Gasteiger partial charge in [-0.2, -0.15) is 0 Å². The lowest BCUT2D eigenvalue weighted by atomic mass is 10.0. The molecule has 1 heterocycles. The highest BCUT2D eigenvalue weighted by Gasteiger charge is 2.04. The Hall–Kier alpha value is -2.61. The van der Waals surface area contributed by atoms with E-state index in [1.807, 2.05) is 19.1 Å². The fraction of sp³-hybridized carbons (Fsp3) is 0.0556. The van der Waals surface area contributed by atoms with Gasteiger partial charge in [0.15, 0.2) is 0 Å². The number of nitrogens with two attached hydrogens (primary N) is 1. The van der Waals surface area contributed by atoms with E-state index >= 15 is 0 Å². The number of anilines is 1. The Labute approximate surface area is 118 Å². The van der Waals surface area contributed by atoms with Gasteiger partial charge in [-0.3, -0.25) is 4.98 Å². The number of rotatable bonds is 2. The number of hydrogen-bond acceptors (Lipinski definition) is 2. The second-order valence-electron chi connectivity index (χ2n) is 4.88. The molecule has 0 saturated carbocycles. The maximum atomic E-state index is 5.74. The smallest absolute Gasteiger partial charge is 0.0732 e. The summed E-state index contributed by atoms with van der Waals surface area (Å²) in [6.45, 7) is 2.03. The summed E-state index contributed by atoms with van der Waals surface area (Å²) in [5.74, 6) is 0. The Balaban J connectivity index is 1.97. The van der Waals surface area contributed by atoms with Gasteiger partial charge in [0.1, 0.15) is 0 Å². The van der Waals surface area contributed by atoms with Gasteiger partial charge in [-0.05, 0) is 29.7 Å². The predicted octanol–water partition coefficient (Wildman–Crippen LogP) is 4.31. The van der Waals surface area contributed by atoms with Crippen molar-refractivity contribution < 1.29 is 0 Å². The maximum Gasteiger partial charge on any atom is 0.0732 e. The van der Waals surface area contributed by atoms with Gasteiger partial charge < -0.3 is 5.73 Å². The molecule has 1 aromatic heterocycles. The molecule has 0 spiro atoms. The summed E-state index contributed by atoms with van der Waals surface area (Å²) in [6, 6.07) is 20.8. The third kappa shape index (κ3) is 2.41. The maximum absolute atomic E-state index is 5.74. The minimum atomic E-state index is 0.701. The molecule has 2 aromatic carbocycles. The van der Waals surface area contributed by atoms with Crippen LogP contribution in [0, 0.1) is 6.92 Å². The average molecular weight is 260 g/mol. The first-order valence-corrected chi connectivity index (χ1v) is 6.62. The Morgan fingerprint density at radius 3 is 2.05 bits per heavy atom. The first kappa shape index (κ1) is 12.4. The van der Waals surface area contributed by atoms with Crippen LogP contribution >= 0.6 is 0 Å². The summed E-state index contributed by atoms with van der Waals surface area (Å²) in [4.78, 5) is 4.43. The molecule has 0 saturated heterocycles. The number of aromatic nitrogens is 1. The lowest BCUT2D eigenvalue weighted by Crippen LogP contribution is -1.92. The number of aryl methyl sites for hydroxylation is 1. The minimum Gasteiger partial charge on any atom is -0.397 e. The monoisotopic (exact) mass is 260 g/mol. The molecule has 0 aliphatic rings. The number of nitrogen functional groups attached to an aromatic ring is 1. The van der Waals surface area contributed by atoms with E-state index in [1.165, 1.54) is 11.1 Å². The quantitative estimate of drug-likeness (QED) is 0.745. The molecular formula is C18H16N2. The van der Waals surface area contributed by atoms with E-state index in [1.54, 1.807) is 6.20 Å². The zero-order valence-electron chi connectivity index (χ0n) is 11.4. The normalized spacial score (nSPS) is 10.4. The summed E-state index contributed by atoms with van der Waals surface area (Å²) in [6.07, 6.45) is 1.70. The van der Waals surface area contributed by atoms with E-state index < -0.39 is 0 Å². The molecule has 0 aliphatic carbocycles. The largest absolute Gasteiger partial charge is 0.397 e. The summed E-state index contributed by atoms with van der Waals surface area (Å²) < 4.78 is 0. The Morgan fingerprint density at radius 2 is 1.40 bits per heavy atom. The van der Waals surface area contributed by atoms with Crippen molar-refractivity contribution in [3.05, 3.63) is 72.4 Å². The number of hydrogen-bond donors (Lipinski definition) is 1. The summed E-state index contributed by atoms with van der Waals surface area (Å²) in [5, 5.41) is 0. The molecule has 20 heavy (non-hydrogen) atoms. The van der Waals surface area contributed by atoms with Crippen LogP contribution in [0.2, 0.25) is 0 Å². The van der Waals surface area contributed by atoms with Gasteiger partial charge in [-0.25, -0.2) is 0 Å². The zero-order valence-corrected chi connectivity index (χ0v) is 11.4. The molecule has 3 rings (SSSR count). The van der Waals surface area contributed by atoms with Crippen LogP contribution in [-0.2, 0) is 0 Å². The van der Waals surface area contributed by atoms with Crippen molar-refractivity contribution in [3.8, 4) is 22.4 Å². The SMILES string of the molecule is Cc1cc(N)cnc1-c1ccc(-c2ccccc2)cc1. The predicted molar refractivity (Wildman–Crippen MR) is 84.3 cm³/mol. The Kier molecular flexibility index (Phi) is 3.21. The van der Waals surface area contributed by atoms with E-state index in [9.17, 15) is 0 Å². The van der Waals surface area contributed by atoms with E-state index in [-0.39, 0.29) is 0 Å². The van der Waals surface area contributed by atoms with Crippen LogP contribution in [0.4, 0.5) is 5.69 Å². The number of benzene rings is 2. The Bertz CT molecular complexity index is 716. The third-order valence-corrected chi connectivity index (χ3v) is 3.36. The molecule has 2 N–H and O–H groups in total. The highest BCUT2D eigenvalue weighted by molar-refractivity contribution is 5.70. The van der Waals surface area contributed by atoms with E-state index in [4.69, 9.17) is 5.73 Å². The van der Waals surface area contributed by atoms with Crippen LogP contribution in [0.15, 0.2) is 66.9 Å². The van der Waals surface area contributed by atoms with Gasteiger partial charge in [0.25, 0.3) is 0 Å². The van der Waals surface area contributed by atoms with Crippen molar-refractivity contribution in [2.75, 3.05) is 5.73 Å². The van der Waals surface area contributed by atoms with E-state index in [2.05, 4.69) is 53.5 Å². The van der Waals surface area contributed by atoms with Gasteiger partial charge in [0.2, 0.25) is 0 Å². The molecule has 0 radical (unpaired) electrons. The highest BCUT2D eigenvalue weighted by atomic mass is 14.7. The van der Waals surface area contributed by atoms with Crippen molar-refractivity contribution in [1.82, 2.24) is 4.98 Å². The van der Waals surface area contributed by atoms with Crippen molar-refractivity contribution in [3.63, 3.8) is 0 Å². The van der Waals surface area contributed by atoms with E-state index in [0.717, 1.165) is 16.8 Å². The standard InChI is InChI=1S/C18H16N2/c1-13-11-17(19)12-20-18(13)16-9-7-15(8-10-16)14-5-3-2-4-6-14/h2-12H,19H2,1H3. The van der Waals surface area contributed by atoms with Crippen LogP contribution in [0.5, 0.6) is 0 Å². The number of pyridine rings is 1. The molecule has 2 heteroatoms. The molecule has 98 valence electrons. The molecular weight excluding hydrogens is 244 g/mol. The number of nitrogens with zero attached hydrogens (tertiary/aromatic N) is 1. The molecule has 0 atom stereocenters. The molecule has 0 aliphatic heterocycles. The minimum absolute atomic E-state index is 0.701. The van der Waals surface area contributed by atoms with Crippen molar-refractivity contribution in [1.29, 1.82) is 0 Å². The lowest BCUT2D eigenvalue weighted by molar-refractivity contribution is 1.27. The molecule has 0 amide bonds. The van der Waals surface area contributed by atoms with Gasteiger partial charge in [-0.15, -0.1) is 0 Å². The van der Waals surface area contributed by atoms with Crippen LogP contribution in [0.3, 0.4) is 0 Å². The van der Waals surface area contributed by atoms with Gasteiger partial charge in [0.05, 0.1) is 17.6 Å². The fourth-order valence-corrected chi connectivity index (χ4v) is 2.35. The summed E-state index contributed by atoms with van der Waals surface area (Å²) >= 11 is 0. The van der Waals surface area contributed by atoms with Crippen LogP contribution in [-0.4, -0.2) is 4.98 Å². The molecule has 3 aromatic rings. The molecule has 2 nitrogen and oxygen atoms in total. The van der Waals surface area contributed by atoms with Crippen LogP contribution < -0.4 is 5.73 Å². The highest BCUT2D eigenvalue weighted by Crippen LogP contribution is 2.26. The lowest BCUT2D eigenvalue weighted by Gasteiger charge is -2.07. The zero-order chi connectivity index (χ0) is 13.9. The Morgan fingerprint density at radius 1 is 0.800 bits per heavy atom. The first-order valence-electron chi connectivity index (χ1n) is 6.62. The summed E-state index contributed by atoms with van der Waals surface area (Å²) in [7, 11) is 0.